The molecule has 1 aromatic rings. The van der Waals surface area contributed by atoms with Crippen LogP contribution in [0, 0.1) is 0 Å². The van der Waals surface area contributed by atoms with Crippen molar-refractivity contribution in [1.29, 1.82) is 0 Å². The number of aliphatic hydroxyl groups excluding tert-OH is 1. The zero-order valence-corrected chi connectivity index (χ0v) is 31.9. The maximum Gasteiger partial charge on any atom is 0.407 e. The van der Waals surface area contributed by atoms with Crippen LogP contribution in [0.15, 0.2) is 18.2 Å². The molecular weight excluding hydrogens is 666 g/mol. The van der Waals surface area contributed by atoms with Gasteiger partial charge >= 0.3 is 30.1 Å². The number of hydrogen-bond acceptors (Lipinski definition) is 13. The number of alkyl carbamates (subject to hydrolysis) is 2. The van der Waals surface area contributed by atoms with Gasteiger partial charge in [-0.1, -0.05) is 19.4 Å². The van der Waals surface area contributed by atoms with Crippen molar-refractivity contribution in [3.63, 3.8) is 0 Å². The lowest BCUT2D eigenvalue weighted by atomic mass is 10.1. The Kier molecular flexibility index (Phi) is 18.9. The van der Waals surface area contributed by atoms with Crippen molar-refractivity contribution < 1.29 is 57.5 Å². The van der Waals surface area contributed by atoms with Gasteiger partial charge in [0.05, 0.1) is 12.2 Å². The van der Waals surface area contributed by atoms with Crippen LogP contribution in [0.4, 0.5) is 9.59 Å². The maximum atomic E-state index is 13.0. The summed E-state index contributed by atoms with van der Waals surface area (Å²) in [5.41, 5.74) is -1.57. The van der Waals surface area contributed by atoms with E-state index >= 15 is 0 Å². The Balaban J connectivity index is 3.12. The van der Waals surface area contributed by atoms with Crippen LogP contribution in [-0.4, -0.2) is 84.2 Å². The van der Waals surface area contributed by atoms with E-state index in [-0.39, 0.29) is 63.3 Å². The standard InChI is InChI=1S/C36H59N3O12/c1-11-12-21-46-30(42)25(39-33(45)51-36(8,9)10)22-24-17-18-26(47-28(40)15-13-19-37-31(43)49-34(2,3)4)27(23-24)48-29(41)16-14-20-38-32(44)50-35(5,6)7/h17-18,23,25,33,39,45H,11-16,19-22H2,1-10H3,(H,37,43)(H,38,44). The Morgan fingerprint density at radius 3 is 1.71 bits per heavy atom. The number of hydrogen-bond donors (Lipinski definition) is 4. The minimum atomic E-state index is -1.50. The minimum Gasteiger partial charge on any atom is -0.465 e. The van der Waals surface area contributed by atoms with E-state index in [0.29, 0.717) is 12.0 Å². The van der Waals surface area contributed by atoms with E-state index in [1.54, 1.807) is 68.4 Å². The highest BCUT2D eigenvalue weighted by atomic mass is 16.6. The lowest BCUT2D eigenvalue weighted by molar-refractivity contribution is -0.190. The summed E-state index contributed by atoms with van der Waals surface area (Å²) in [4.78, 5) is 62.4. The van der Waals surface area contributed by atoms with E-state index in [4.69, 9.17) is 28.4 Å². The van der Waals surface area contributed by atoms with Crippen molar-refractivity contribution in [3.05, 3.63) is 23.8 Å². The molecule has 15 nitrogen and oxygen atoms in total. The first-order chi connectivity index (χ1) is 23.6. The lowest BCUT2D eigenvalue weighted by Gasteiger charge is -2.27. The molecule has 0 heterocycles. The molecule has 0 spiro atoms. The van der Waals surface area contributed by atoms with E-state index in [0.717, 1.165) is 6.42 Å². The van der Waals surface area contributed by atoms with Crippen LogP contribution in [0.25, 0.3) is 0 Å². The second-order valence-corrected chi connectivity index (χ2v) is 14.8. The van der Waals surface area contributed by atoms with Crippen LogP contribution in [0.2, 0.25) is 0 Å². The molecule has 0 bridgehead atoms. The lowest BCUT2D eigenvalue weighted by Crippen LogP contribution is -2.48. The highest BCUT2D eigenvalue weighted by Crippen LogP contribution is 2.30. The molecule has 2 unspecified atom stereocenters. The van der Waals surface area contributed by atoms with Gasteiger partial charge in [-0.05, 0) is 106 Å². The van der Waals surface area contributed by atoms with E-state index in [1.165, 1.54) is 12.1 Å². The minimum absolute atomic E-state index is 0.00948. The van der Waals surface area contributed by atoms with Gasteiger partial charge in [-0.25, -0.2) is 9.59 Å². The Hall–Kier alpha value is -3.95. The highest BCUT2D eigenvalue weighted by Gasteiger charge is 2.27. The fourth-order valence-electron chi connectivity index (χ4n) is 4.07. The summed E-state index contributed by atoms with van der Waals surface area (Å²) in [5, 5.41) is 18.4. The van der Waals surface area contributed by atoms with Crippen LogP contribution < -0.4 is 25.4 Å². The summed E-state index contributed by atoms with van der Waals surface area (Å²) in [6.07, 6.45) is -0.931. The number of carbonyl (C=O) groups is 5. The third-order valence-electron chi connectivity index (χ3n) is 6.18. The number of rotatable bonds is 19. The van der Waals surface area contributed by atoms with Crippen LogP contribution in [0.3, 0.4) is 0 Å². The molecule has 0 aliphatic heterocycles. The molecule has 1 aromatic carbocycles. The summed E-state index contributed by atoms with van der Waals surface area (Å²) >= 11 is 0. The average molecular weight is 726 g/mol. The zero-order valence-electron chi connectivity index (χ0n) is 31.9. The number of aliphatic hydroxyl groups is 1. The molecule has 0 aromatic heterocycles. The first-order valence-corrected chi connectivity index (χ1v) is 17.3. The summed E-state index contributed by atoms with van der Waals surface area (Å²) < 4.78 is 32.4. The Bertz CT molecular complexity index is 1280. The Morgan fingerprint density at radius 2 is 1.24 bits per heavy atom. The smallest absolute Gasteiger partial charge is 0.407 e. The molecule has 2 atom stereocenters. The van der Waals surface area contributed by atoms with Gasteiger partial charge in [-0.15, -0.1) is 0 Å². The number of amides is 2. The van der Waals surface area contributed by atoms with Crippen molar-refractivity contribution in [2.24, 2.45) is 0 Å². The van der Waals surface area contributed by atoms with E-state index < -0.39 is 59.4 Å². The van der Waals surface area contributed by atoms with Crippen molar-refractivity contribution in [2.45, 2.75) is 143 Å². The summed E-state index contributed by atoms with van der Waals surface area (Å²) in [7, 11) is 0. The fourth-order valence-corrected chi connectivity index (χ4v) is 4.07. The maximum absolute atomic E-state index is 13.0. The number of carbonyl (C=O) groups excluding carboxylic acids is 5. The number of ether oxygens (including phenoxy) is 6. The Morgan fingerprint density at radius 1 is 0.725 bits per heavy atom. The molecule has 0 radical (unpaired) electrons. The molecule has 0 saturated heterocycles. The normalized spacial score (nSPS) is 13.0. The van der Waals surface area contributed by atoms with Gasteiger partial charge in [0.2, 0.25) is 6.41 Å². The number of benzene rings is 1. The molecule has 51 heavy (non-hydrogen) atoms. The number of esters is 3. The topological polar surface area (TPSA) is 197 Å². The molecule has 290 valence electrons. The van der Waals surface area contributed by atoms with E-state index in [2.05, 4.69) is 16.0 Å². The highest BCUT2D eigenvalue weighted by molar-refractivity contribution is 5.78. The fraction of sp³-hybridized carbons (Fsp3) is 0.694. The van der Waals surface area contributed by atoms with Crippen LogP contribution >= 0.6 is 0 Å². The molecule has 1 rings (SSSR count). The van der Waals surface area contributed by atoms with Crippen LogP contribution in [0.5, 0.6) is 11.5 Å². The van der Waals surface area contributed by atoms with Gasteiger partial charge in [-0.3, -0.25) is 19.7 Å². The third-order valence-corrected chi connectivity index (χ3v) is 6.18. The summed E-state index contributed by atoms with van der Waals surface area (Å²) in [6, 6.07) is 3.42. The first-order valence-electron chi connectivity index (χ1n) is 17.3. The summed E-state index contributed by atoms with van der Waals surface area (Å²) in [6.45, 7) is 18.1. The predicted octanol–water partition coefficient (Wildman–Crippen LogP) is 5.04. The van der Waals surface area contributed by atoms with Crippen molar-refractivity contribution in [3.8, 4) is 11.5 Å². The molecule has 0 fully saturated rings. The van der Waals surface area contributed by atoms with Gasteiger partial charge in [0.1, 0.15) is 17.2 Å². The van der Waals surface area contributed by atoms with Gasteiger partial charge in [0.15, 0.2) is 11.5 Å². The largest absolute Gasteiger partial charge is 0.465 e. The SMILES string of the molecule is CCCCOC(=O)C(Cc1ccc(OC(=O)CCCNC(=O)OC(C)(C)C)c(OC(=O)CCCNC(=O)OC(C)(C)C)c1)NC(O)OC(C)(C)C. The Labute approximate surface area is 301 Å². The van der Waals surface area contributed by atoms with E-state index in [9.17, 15) is 29.1 Å². The average Bonchev–Trinajstić information content (AvgIpc) is 2.96. The molecular formula is C36H59N3O12. The monoisotopic (exact) mass is 725 g/mol. The van der Waals surface area contributed by atoms with Crippen molar-refractivity contribution in [1.82, 2.24) is 16.0 Å². The zero-order chi connectivity index (χ0) is 38.8. The van der Waals surface area contributed by atoms with Crippen LogP contribution in [-0.2, 0) is 39.8 Å². The second-order valence-electron chi connectivity index (χ2n) is 14.8. The number of unbranched alkanes of at least 4 members (excludes halogenated alkanes) is 1. The predicted molar refractivity (Wildman–Crippen MR) is 188 cm³/mol. The van der Waals surface area contributed by atoms with Gasteiger partial charge in [0, 0.05) is 25.9 Å². The van der Waals surface area contributed by atoms with Gasteiger partial charge in [-0.2, -0.15) is 0 Å². The second kappa shape index (κ2) is 21.4. The quantitative estimate of drug-likeness (QED) is 0.0487. The molecule has 15 heteroatoms. The van der Waals surface area contributed by atoms with Crippen molar-refractivity contribution >= 4 is 30.1 Å². The third kappa shape index (κ3) is 22.5. The molecule has 0 aliphatic rings. The van der Waals surface area contributed by atoms with Gasteiger partial charge in [0.25, 0.3) is 0 Å². The molecule has 0 saturated carbocycles. The van der Waals surface area contributed by atoms with E-state index in [1.807, 2.05) is 6.92 Å². The van der Waals surface area contributed by atoms with Gasteiger partial charge < -0.3 is 44.2 Å². The molecule has 0 aliphatic carbocycles. The summed E-state index contributed by atoms with van der Waals surface area (Å²) in [5.74, 6) is -2.06. The number of nitrogens with one attached hydrogen (secondary N) is 3. The van der Waals surface area contributed by atoms with Crippen LogP contribution in [0.1, 0.15) is 113 Å². The molecule has 4 N–H and O–H groups in total. The molecule has 2 amide bonds. The first kappa shape index (κ1) is 45.1. The van der Waals surface area contributed by atoms with Crippen molar-refractivity contribution in [2.75, 3.05) is 19.7 Å².